The maximum atomic E-state index is 6.42. The van der Waals surface area contributed by atoms with Crippen molar-refractivity contribution in [1.82, 2.24) is 9.88 Å². The molecule has 7 heteroatoms. The molecule has 0 N–H and O–H groups in total. The molecular weight excluding hydrogens is 425 g/mol. The summed E-state index contributed by atoms with van der Waals surface area (Å²) in [7, 11) is 0. The van der Waals surface area contributed by atoms with Crippen molar-refractivity contribution >= 4 is 40.1 Å². The van der Waals surface area contributed by atoms with Gasteiger partial charge in [0, 0.05) is 23.6 Å². The summed E-state index contributed by atoms with van der Waals surface area (Å²) in [6, 6.07) is 15.9. The van der Waals surface area contributed by atoms with Gasteiger partial charge in [-0.3, -0.25) is 4.98 Å². The normalized spacial score (nSPS) is 23.3. The lowest BCUT2D eigenvalue weighted by Crippen LogP contribution is -2.35. The van der Waals surface area contributed by atoms with Gasteiger partial charge in [0.2, 0.25) is 0 Å². The molecule has 4 nitrogen and oxygen atoms in total. The number of aromatic nitrogens is 1. The Hall–Kier alpha value is -1.95. The number of amidine groups is 1. The molecule has 29 heavy (non-hydrogen) atoms. The first kappa shape index (κ1) is 19.0. The molecular formula is C22H19Cl2N3OS. The minimum Gasteiger partial charge on any atom is -0.459 e. The van der Waals surface area contributed by atoms with Gasteiger partial charge in [-0.1, -0.05) is 54.0 Å². The van der Waals surface area contributed by atoms with Gasteiger partial charge >= 0.3 is 0 Å². The molecule has 0 aliphatic carbocycles. The molecule has 0 unspecified atom stereocenters. The molecule has 0 spiro atoms. The van der Waals surface area contributed by atoms with Crippen LogP contribution in [-0.2, 0) is 0 Å². The lowest BCUT2D eigenvalue weighted by Gasteiger charge is -2.30. The van der Waals surface area contributed by atoms with Crippen LogP contribution in [0.25, 0.3) is 11.3 Å². The summed E-state index contributed by atoms with van der Waals surface area (Å²) in [6.07, 6.45) is 2.88. The lowest BCUT2D eigenvalue weighted by molar-refractivity contribution is 0.226. The molecule has 3 atom stereocenters. The Morgan fingerprint density at radius 2 is 2.03 bits per heavy atom. The van der Waals surface area contributed by atoms with Crippen molar-refractivity contribution in [3.8, 4) is 11.3 Å². The van der Waals surface area contributed by atoms with Crippen molar-refractivity contribution in [2.24, 2.45) is 4.99 Å². The number of thioether (sulfide) groups is 1. The maximum absolute atomic E-state index is 6.42. The van der Waals surface area contributed by atoms with Gasteiger partial charge in [0.15, 0.2) is 5.17 Å². The molecule has 2 aliphatic heterocycles. The summed E-state index contributed by atoms with van der Waals surface area (Å²) < 4.78 is 6.35. The molecule has 2 aromatic heterocycles. The first-order chi connectivity index (χ1) is 14.2. The number of halogens is 2. The number of furan rings is 1. The molecule has 0 saturated carbocycles. The van der Waals surface area contributed by atoms with Crippen LogP contribution in [0.4, 0.5) is 0 Å². The average molecular weight is 444 g/mol. The second kappa shape index (κ2) is 7.71. The van der Waals surface area contributed by atoms with Crippen LogP contribution in [0, 0.1) is 0 Å². The predicted molar refractivity (Wildman–Crippen MR) is 120 cm³/mol. The number of hydrogen-bond acceptors (Lipinski definition) is 5. The summed E-state index contributed by atoms with van der Waals surface area (Å²) in [4.78, 5) is 12.0. The summed E-state index contributed by atoms with van der Waals surface area (Å²) in [5.74, 6) is 2.63. The third-order valence-corrected chi connectivity index (χ3v) is 7.41. The number of fused-ring (bicyclic) bond motifs is 1. The molecule has 1 saturated heterocycles. The first-order valence-electron chi connectivity index (χ1n) is 9.61. The fourth-order valence-electron chi connectivity index (χ4n) is 4.01. The van der Waals surface area contributed by atoms with Gasteiger partial charge in [0.1, 0.15) is 23.6 Å². The van der Waals surface area contributed by atoms with Crippen LogP contribution in [-0.4, -0.2) is 26.8 Å². The molecule has 3 aromatic rings. The summed E-state index contributed by atoms with van der Waals surface area (Å²) >= 11 is 14.4. The van der Waals surface area contributed by atoms with Crippen LogP contribution in [0.15, 0.2) is 64.1 Å². The summed E-state index contributed by atoms with van der Waals surface area (Å²) in [6.45, 7) is 2.22. The van der Waals surface area contributed by atoms with Crippen LogP contribution in [0.5, 0.6) is 0 Å². The third kappa shape index (κ3) is 3.25. The van der Waals surface area contributed by atoms with Crippen LogP contribution in [0.1, 0.15) is 36.9 Å². The molecule has 0 amide bonds. The standard InChI is InChI=1S/C22H19Cl2N3OS/c1-2-13-12-29-22-26-20(16-8-3-4-11-25-16)21(27(13)22)18-10-9-17(28-18)14-6-5-7-15(23)19(14)24/h3-11,13,20-21H,2,12H2,1H3/t13-,20+,21+/m0/s1. The number of pyridine rings is 1. The topological polar surface area (TPSA) is 41.6 Å². The minimum atomic E-state index is -0.0955. The number of benzene rings is 1. The van der Waals surface area contributed by atoms with Gasteiger partial charge in [-0.2, -0.15) is 0 Å². The van der Waals surface area contributed by atoms with Crippen molar-refractivity contribution in [2.45, 2.75) is 31.5 Å². The van der Waals surface area contributed by atoms with E-state index in [9.17, 15) is 0 Å². The van der Waals surface area contributed by atoms with Gasteiger partial charge < -0.3 is 9.32 Å². The van der Waals surface area contributed by atoms with Crippen molar-refractivity contribution in [1.29, 1.82) is 0 Å². The number of hydrogen-bond donors (Lipinski definition) is 0. The molecule has 2 aliphatic rings. The number of nitrogens with zero attached hydrogens (tertiary/aromatic N) is 3. The zero-order valence-corrected chi connectivity index (χ0v) is 18.1. The molecule has 4 heterocycles. The predicted octanol–water partition coefficient (Wildman–Crippen LogP) is 6.63. The fraction of sp³-hybridized carbons (Fsp3) is 0.273. The van der Waals surface area contributed by atoms with Crippen LogP contribution in [0.3, 0.4) is 0 Å². The van der Waals surface area contributed by atoms with Crippen molar-refractivity contribution < 1.29 is 4.42 Å². The Kier molecular flexibility index (Phi) is 5.06. The van der Waals surface area contributed by atoms with E-state index in [-0.39, 0.29) is 12.1 Å². The summed E-state index contributed by atoms with van der Waals surface area (Å²) in [5, 5.41) is 2.10. The lowest BCUT2D eigenvalue weighted by atomic mass is 10.0. The zero-order chi connectivity index (χ0) is 20.0. The smallest absolute Gasteiger partial charge is 0.161 e. The number of aliphatic imine (C=N–C) groups is 1. The molecule has 1 fully saturated rings. The van der Waals surface area contributed by atoms with Gasteiger partial charge in [-0.15, -0.1) is 0 Å². The highest BCUT2D eigenvalue weighted by atomic mass is 35.5. The Balaban J connectivity index is 1.57. The van der Waals surface area contributed by atoms with E-state index < -0.39 is 0 Å². The molecule has 1 aromatic carbocycles. The maximum Gasteiger partial charge on any atom is 0.161 e. The van der Waals surface area contributed by atoms with E-state index in [2.05, 4.69) is 16.8 Å². The Morgan fingerprint density at radius 3 is 2.83 bits per heavy atom. The zero-order valence-electron chi connectivity index (χ0n) is 15.8. The van der Waals surface area contributed by atoms with Crippen LogP contribution in [0.2, 0.25) is 10.0 Å². The van der Waals surface area contributed by atoms with Gasteiger partial charge in [0.05, 0.1) is 15.7 Å². The van der Waals surface area contributed by atoms with E-state index in [4.69, 9.17) is 32.6 Å². The number of rotatable bonds is 4. The second-order valence-corrected chi connectivity index (χ2v) is 8.91. The first-order valence-corrected chi connectivity index (χ1v) is 11.4. The van der Waals surface area contributed by atoms with Crippen LogP contribution >= 0.6 is 35.0 Å². The van der Waals surface area contributed by atoms with E-state index >= 15 is 0 Å². The summed E-state index contributed by atoms with van der Waals surface area (Å²) in [5.41, 5.74) is 1.75. The Bertz CT molecular complexity index is 1070. The van der Waals surface area contributed by atoms with Gasteiger partial charge in [-0.05, 0) is 42.8 Å². The van der Waals surface area contributed by atoms with Crippen molar-refractivity contribution in [3.05, 3.63) is 76.2 Å². The monoisotopic (exact) mass is 443 g/mol. The van der Waals surface area contributed by atoms with Gasteiger partial charge in [-0.25, -0.2) is 4.99 Å². The quantitative estimate of drug-likeness (QED) is 0.453. The highest BCUT2D eigenvalue weighted by molar-refractivity contribution is 8.14. The largest absolute Gasteiger partial charge is 0.459 e. The molecule has 148 valence electrons. The Labute approximate surface area is 183 Å². The van der Waals surface area contributed by atoms with Crippen molar-refractivity contribution in [2.75, 3.05) is 5.75 Å². The molecule has 5 rings (SSSR count). The highest BCUT2D eigenvalue weighted by Crippen LogP contribution is 2.49. The van der Waals surface area contributed by atoms with E-state index in [0.29, 0.717) is 21.8 Å². The second-order valence-electron chi connectivity index (χ2n) is 7.14. The van der Waals surface area contributed by atoms with Crippen molar-refractivity contribution in [3.63, 3.8) is 0 Å². The van der Waals surface area contributed by atoms with E-state index in [0.717, 1.165) is 34.4 Å². The van der Waals surface area contributed by atoms with E-state index in [1.54, 1.807) is 6.07 Å². The minimum absolute atomic E-state index is 0.0217. The fourth-order valence-corrected chi connectivity index (χ4v) is 5.74. The average Bonchev–Trinajstić information content (AvgIpc) is 3.45. The Morgan fingerprint density at radius 1 is 1.14 bits per heavy atom. The molecule has 0 bridgehead atoms. The molecule has 0 radical (unpaired) electrons. The SMILES string of the molecule is CC[C@H]1CSC2=N[C@H](c3ccccn3)[C@@H](c3ccc(-c4cccc(Cl)c4Cl)o3)N21. The van der Waals surface area contributed by atoms with E-state index in [1.165, 1.54) is 0 Å². The highest BCUT2D eigenvalue weighted by Gasteiger charge is 2.46. The van der Waals surface area contributed by atoms with Gasteiger partial charge in [0.25, 0.3) is 0 Å². The third-order valence-electron chi connectivity index (χ3n) is 5.46. The van der Waals surface area contributed by atoms with Crippen LogP contribution < -0.4 is 0 Å². The van der Waals surface area contributed by atoms with E-state index in [1.807, 2.05) is 60.4 Å².